The van der Waals surface area contributed by atoms with E-state index in [1.54, 1.807) is 25.1 Å². The van der Waals surface area contributed by atoms with Gasteiger partial charge in [0.25, 0.3) is 11.5 Å². The van der Waals surface area contributed by atoms with Crippen LogP contribution in [0.1, 0.15) is 28.5 Å². The molecule has 0 aromatic carbocycles. The van der Waals surface area contributed by atoms with Crippen molar-refractivity contribution >= 4 is 11.6 Å². The van der Waals surface area contributed by atoms with Crippen molar-refractivity contribution in [3.05, 3.63) is 51.6 Å². The van der Waals surface area contributed by atoms with E-state index in [1.165, 1.54) is 6.20 Å². The number of carbonyl (C=O) groups excluding carboxylic acids is 1. The highest BCUT2D eigenvalue weighted by molar-refractivity contribution is 6.05. The molecule has 2 heterocycles. The van der Waals surface area contributed by atoms with Crippen LogP contribution in [0.15, 0.2) is 29.2 Å². The molecule has 0 aliphatic heterocycles. The molecule has 0 aliphatic carbocycles. The number of hydrogen-bond acceptors (Lipinski definition) is 4. The van der Waals surface area contributed by atoms with Gasteiger partial charge in [0.15, 0.2) is 0 Å². The van der Waals surface area contributed by atoms with Gasteiger partial charge in [-0.15, -0.1) is 0 Å². The Bertz CT molecular complexity index is 722. The normalized spacial score (nSPS) is 10.2. The fourth-order valence-corrected chi connectivity index (χ4v) is 1.82. The Morgan fingerprint density at radius 3 is 2.81 bits per heavy atom. The number of nitrogens with zero attached hydrogens (tertiary/aromatic N) is 1. The predicted octanol–water partition coefficient (Wildman–Crippen LogP) is 2.04. The minimum absolute atomic E-state index is 0.181. The summed E-state index contributed by atoms with van der Waals surface area (Å²) < 4.78 is 5.39. The lowest BCUT2D eigenvalue weighted by Crippen LogP contribution is -2.17. The number of aromatic nitrogens is 2. The van der Waals surface area contributed by atoms with Gasteiger partial charge in [-0.3, -0.25) is 9.59 Å². The van der Waals surface area contributed by atoms with Crippen molar-refractivity contribution in [1.29, 1.82) is 0 Å². The van der Waals surface area contributed by atoms with Crippen molar-refractivity contribution in [2.24, 2.45) is 0 Å². The van der Waals surface area contributed by atoms with E-state index >= 15 is 0 Å². The van der Waals surface area contributed by atoms with E-state index in [4.69, 9.17) is 4.74 Å². The first-order chi connectivity index (χ1) is 10.0. The van der Waals surface area contributed by atoms with Gasteiger partial charge >= 0.3 is 0 Å². The third-order valence-electron chi connectivity index (χ3n) is 2.87. The number of aryl methyl sites for hydroxylation is 2. The summed E-state index contributed by atoms with van der Waals surface area (Å²) in [5, 5.41) is 2.72. The maximum absolute atomic E-state index is 12.3. The third kappa shape index (κ3) is 3.47. The molecule has 0 spiro atoms. The topological polar surface area (TPSA) is 84.1 Å². The molecule has 0 saturated heterocycles. The van der Waals surface area contributed by atoms with Crippen LogP contribution in [0.3, 0.4) is 0 Å². The van der Waals surface area contributed by atoms with Gasteiger partial charge in [-0.1, -0.05) is 0 Å². The van der Waals surface area contributed by atoms with Gasteiger partial charge in [0.1, 0.15) is 5.56 Å². The second-order valence-corrected chi connectivity index (χ2v) is 4.59. The van der Waals surface area contributed by atoms with Crippen molar-refractivity contribution in [3.8, 4) is 5.88 Å². The van der Waals surface area contributed by atoms with Crippen LogP contribution in [0.2, 0.25) is 0 Å². The molecule has 0 saturated carbocycles. The maximum Gasteiger partial charge on any atom is 0.261 e. The number of nitrogens with one attached hydrogen (secondary N) is 2. The smallest absolute Gasteiger partial charge is 0.261 e. The molecule has 6 heteroatoms. The molecular formula is C15H17N3O3. The molecule has 0 radical (unpaired) electrons. The van der Waals surface area contributed by atoms with E-state index in [1.807, 2.05) is 13.8 Å². The number of ether oxygens (including phenoxy) is 1. The highest BCUT2D eigenvalue weighted by Gasteiger charge is 2.14. The van der Waals surface area contributed by atoms with Crippen LogP contribution in [-0.2, 0) is 0 Å². The number of carbonyl (C=O) groups is 1. The lowest BCUT2D eigenvalue weighted by Gasteiger charge is -2.10. The quantitative estimate of drug-likeness (QED) is 0.901. The number of rotatable bonds is 4. The number of H-pyrrole nitrogens is 1. The molecular weight excluding hydrogens is 270 g/mol. The molecule has 2 rings (SSSR count). The zero-order valence-electron chi connectivity index (χ0n) is 12.2. The molecule has 1 amide bonds. The monoisotopic (exact) mass is 287 g/mol. The number of hydrogen-bond donors (Lipinski definition) is 2. The average Bonchev–Trinajstić information content (AvgIpc) is 2.43. The molecule has 0 fully saturated rings. The van der Waals surface area contributed by atoms with Crippen molar-refractivity contribution in [1.82, 2.24) is 9.97 Å². The third-order valence-corrected chi connectivity index (χ3v) is 2.87. The van der Waals surface area contributed by atoms with Gasteiger partial charge in [-0.05, 0) is 39.0 Å². The summed E-state index contributed by atoms with van der Waals surface area (Å²) in [6.07, 6.45) is 1.45. The van der Waals surface area contributed by atoms with Gasteiger partial charge in [0.05, 0.1) is 12.3 Å². The molecule has 0 aliphatic rings. The summed E-state index contributed by atoms with van der Waals surface area (Å²) in [4.78, 5) is 30.4. The second-order valence-electron chi connectivity index (χ2n) is 4.59. The summed E-state index contributed by atoms with van der Waals surface area (Å²) in [6, 6.07) is 5.02. The molecule has 21 heavy (non-hydrogen) atoms. The van der Waals surface area contributed by atoms with E-state index in [9.17, 15) is 9.59 Å². The van der Waals surface area contributed by atoms with Crippen LogP contribution in [-0.4, -0.2) is 22.5 Å². The number of pyridine rings is 2. The van der Waals surface area contributed by atoms with Gasteiger partial charge in [-0.25, -0.2) is 4.98 Å². The molecule has 2 aromatic heterocycles. The van der Waals surface area contributed by atoms with Crippen molar-refractivity contribution < 1.29 is 9.53 Å². The zero-order valence-corrected chi connectivity index (χ0v) is 12.2. The number of amides is 1. The Labute approximate surface area is 122 Å². The minimum atomic E-state index is -0.336. The highest BCUT2D eigenvalue weighted by Crippen LogP contribution is 2.18. The molecule has 2 aromatic rings. The molecule has 2 N–H and O–H groups in total. The van der Waals surface area contributed by atoms with Gasteiger partial charge in [-0.2, -0.15) is 0 Å². The standard InChI is InChI=1S/C15H17N3O3/c1-4-21-15-12(6-5-10(3)17-15)14(20)18-11-7-9(2)13(19)16-8-11/h5-8H,4H2,1-3H3,(H,16,19)(H,18,20). The second kappa shape index (κ2) is 6.21. The highest BCUT2D eigenvalue weighted by atomic mass is 16.5. The van der Waals surface area contributed by atoms with Crippen LogP contribution in [0.25, 0.3) is 0 Å². The van der Waals surface area contributed by atoms with E-state index < -0.39 is 0 Å². The van der Waals surface area contributed by atoms with E-state index in [-0.39, 0.29) is 11.5 Å². The lowest BCUT2D eigenvalue weighted by molar-refractivity contribution is 0.102. The Hall–Kier alpha value is -2.63. The van der Waals surface area contributed by atoms with Gasteiger partial charge in [0, 0.05) is 17.5 Å². The summed E-state index contributed by atoms with van der Waals surface area (Å²) in [6.45, 7) is 5.76. The van der Waals surface area contributed by atoms with Crippen LogP contribution in [0.4, 0.5) is 5.69 Å². The van der Waals surface area contributed by atoms with Gasteiger partial charge < -0.3 is 15.0 Å². The minimum Gasteiger partial charge on any atom is -0.477 e. The fourth-order valence-electron chi connectivity index (χ4n) is 1.82. The maximum atomic E-state index is 12.3. The average molecular weight is 287 g/mol. The summed E-state index contributed by atoms with van der Waals surface area (Å²) in [7, 11) is 0. The number of anilines is 1. The Morgan fingerprint density at radius 1 is 1.38 bits per heavy atom. The largest absolute Gasteiger partial charge is 0.477 e. The molecule has 0 unspecified atom stereocenters. The zero-order chi connectivity index (χ0) is 15.4. The van der Waals surface area contributed by atoms with Gasteiger partial charge in [0.2, 0.25) is 5.88 Å². The Kier molecular flexibility index (Phi) is 4.37. The van der Waals surface area contributed by atoms with Crippen LogP contribution < -0.4 is 15.6 Å². The SMILES string of the molecule is CCOc1nc(C)ccc1C(=O)Nc1c[nH]c(=O)c(C)c1. The molecule has 0 atom stereocenters. The molecule has 110 valence electrons. The Balaban J connectivity index is 2.27. The van der Waals surface area contributed by atoms with E-state index in [2.05, 4.69) is 15.3 Å². The first kappa shape index (κ1) is 14.8. The number of aromatic amines is 1. The summed E-state index contributed by atoms with van der Waals surface area (Å²) in [5.74, 6) is -0.0338. The van der Waals surface area contributed by atoms with Crippen molar-refractivity contribution in [3.63, 3.8) is 0 Å². The first-order valence-corrected chi connectivity index (χ1v) is 6.62. The van der Waals surface area contributed by atoms with E-state index in [0.717, 1.165) is 5.69 Å². The Morgan fingerprint density at radius 2 is 2.14 bits per heavy atom. The van der Waals surface area contributed by atoms with Crippen LogP contribution >= 0.6 is 0 Å². The van der Waals surface area contributed by atoms with Crippen molar-refractivity contribution in [2.45, 2.75) is 20.8 Å². The van der Waals surface area contributed by atoms with Crippen LogP contribution in [0.5, 0.6) is 5.88 Å². The summed E-state index contributed by atoms with van der Waals surface area (Å²) >= 11 is 0. The molecule has 6 nitrogen and oxygen atoms in total. The van der Waals surface area contributed by atoms with E-state index in [0.29, 0.717) is 29.3 Å². The van der Waals surface area contributed by atoms with Crippen molar-refractivity contribution in [2.75, 3.05) is 11.9 Å². The van der Waals surface area contributed by atoms with Crippen LogP contribution in [0, 0.1) is 13.8 Å². The molecule has 0 bridgehead atoms. The fraction of sp³-hybridized carbons (Fsp3) is 0.267. The summed E-state index contributed by atoms with van der Waals surface area (Å²) in [5.41, 5.74) is 1.99. The lowest BCUT2D eigenvalue weighted by atomic mass is 10.2. The first-order valence-electron chi connectivity index (χ1n) is 6.62. The predicted molar refractivity (Wildman–Crippen MR) is 79.9 cm³/mol.